The molecule has 3 rings (SSSR count). The molecule has 2 aliphatic rings. The summed E-state index contributed by atoms with van der Waals surface area (Å²) in [5, 5.41) is 12.4. The first-order valence-corrected chi connectivity index (χ1v) is 9.72. The number of aliphatic hydroxyl groups excluding tert-OH is 1. The molecular formula is C21H22F3N3O4. The van der Waals surface area contributed by atoms with Crippen molar-refractivity contribution in [2.75, 3.05) is 13.1 Å². The molecule has 0 spiro atoms. The Morgan fingerprint density at radius 1 is 1.35 bits per heavy atom. The molecule has 0 aromatic heterocycles. The van der Waals surface area contributed by atoms with Crippen molar-refractivity contribution in [3.8, 4) is 0 Å². The van der Waals surface area contributed by atoms with Crippen molar-refractivity contribution in [2.45, 2.75) is 38.5 Å². The molecule has 2 aliphatic heterocycles. The van der Waals surface area contributed by atoms with Gasteiger partial charge in [0.1, 0.15) is 29.3 Å². The van der Waals surface area contributed by atoms with E-state index in [4.69, 9.17) is 0 Å². The summed E-state index contributed by atoms with van der Waals surface area (Å²) in [4.78, 5) is 39.5. The van der Waals surface area contributed by atoms with Gasteiger partial charge in [-0.15, -0.1) is 0 Å². The number of amides is 2. The van der Waals surface area contributed by atoms with Crippen molar-refractivity contribution in [3.05, 3.63) is 58.6 Å². The molecule has 0 saturated carbocycles. The third-order valence-electron chi connectivity index (χ3n) is 5.28. The number of rotatable bonds is 5. The zero-order chi connectivity index (χ0) is 22.7. The topological polar surface area (TPSA) is 90.0 Å². The molecule has 0 aliphatic carbocycles. The van der Waals surface area contributed by atoms with Crippen LogP contribution in [0.25, 0.3) is 0 Å². The molecule has 166 valence electrons. The van der Waals surface area contributed by atoms with Crippen LogP contribution in [0.3, 0.4) is 0 Å². The van der Waals surface area contributed by atoms with Gasteiger partial charge in [0, 0.05) is 43.9 Å². The van der Waals surface area contributed by atoms with Crippen molar-refractivity contribution in [3.63, 3.8) is 0 Å². The Kier molecular flexibility index (Phi) is 6.67. The van der Waals surface area contributed by atoms with E-state index >= 15 is 0 Å². The maximum atomic E-state index is 14.2. The van der Waals surface area contributed by atoms with Crippen LogP contribution < -0.4 is 5.32 Å². The first kappa shape index (κ1) is 22.4. The maximum absolute atomic E-state index is 14.2. The highest BCUT2D eigenvalue weighted by atomic mass is 19.1. The van der Waals surface area contributed by atoms with Crippen LogP contribution >= 0.6 is 0 Å². The predicted molar refractivity (Wildman–Crippen MR) is 104 cm³/mol. The number of aldehydes is 1. The maximum Gasteiger partial charge on any atom is 0.274 e. The fraction of sp³-hybridized carbons (Fsp3) is 0.381. The molecule has 0 unspecified atom stereocenters. The number of fused-ring (bicyclic) bond motifs is 2. The number of alkyl halides is 1. The van der Waals surface area contributed by atoms with Gasteiger partial charge in [0.2, 0.25) is 0 Å². The standard InChI is InChI=1S/C21H22F3N3O4/c1-12(29)19-21(31)26-5-4-16(23)6-17(10-26)27(19)9-14(11-28)20(30)25-8-13-2-3-15(22)7-18(13)24/h2-3,7,9,11,16-17,29H,4-6,8,10H2,1H3,(H,25,30)/b14-9+,19-12+/t16-,17+/m1/s1. The number of aliphatic hydroxyl groups is 1. The number of benzene rings is 1. The predicted octanol–water partition coefficient (Wildman–Crippen LogP) is 2.10. The van der Waals surface area contributed by atoms with E-state index in [1.165, 1.54) is 16.7 Å². The summed E-state index contributed by atoms with van der Waals surface area (Å²) in [6.07, 6.45) is 0.359. The van der Waals surface area contributed by atoms with Crippen molar-refractivity contribution < 1.29 is 32.7 Å². The van der Waals surface area contributed by atoms with E-state index in [1.807, 2.05) is 0 Å². The molecule has 2 N–H and O–H groups in total. The molecule has 2 bridgehead atoms. The Balaban J connectivity index is 1.85. The second-order valence-corrected chi connectivity index (χ2v) is 7.49. The van der Waals surface area contributed by atoms with Gasteiger partial charge in [-0.3, -0.25) is 14.4 Å². The van der Waals surface area contributed by atoms with Gasteiger partial charge in [-0.25, -0.2) is 13.2 Å². The lowest BCUT2D eigenvalue weighted by molar-refractivity contribution is -0.132. The first-order chi connectivity index (χ1) is 14.7. The van der Waals surface area contributed by atoms with Gasteiger partial charge < -0.3 is 20.2 Å². The van der Waals surface area contributed by atoms with E-state index in [0.717, 1.165) is 18.3 Å². The number of halogens is 3. The number of carbonyl (C=O) groups is 3. The van der Waals surface area contributed by atoms with Crippen LogP contribution in [0.4, 0.5) is 13.2 Å². The number of hydrogen-bond acceptors (Lipinski definition) is 5. The van der Waals surface area contributed by atoms with Gasteiger partial charge >= 0.3 is 0 Å². The number of carbonyl (C=O) groups excluding carboxylic acids is 3. The average molecular weight is 437 g/mol. The molecule has 0 radical (unpaired) electrons. The SMILES string of the molecule is C/C(O)=C1/C(=O)N2CC[C@@H](F)C[C@@H](C2)N1/C=C(\C=O)C(=O)NCc1ccc(F)cc1F. The molecule has 2 heterocycles. The van der Waals surface area contributed by atoms with E-state index in [-0.39, 0.29) is 55.8 Å². The van der Waals surface area contributed by atoms with Crippen molar-refractivity contribution >= 4 is 18.1 Å². The quantitative estimate of drug-likeness (QED) is 0.242. The Morgan fingerprint density at radius 2 is 2.10 bits per heavy atom. The lowest BCUT2D eigenvalue weighted by Crippen LogP contribution is -2.52. The van der Waals surface area contributed by atoms with Crippen molar-refractivity contribution in [2.24, 2.45) is 0 Å². The van der Waals surface area contributed by atoms with Gasteiger partial charge in [0.25, 0.3) is 11.8 Å². The molecule has 31 heavy (non-hydrogen) atoms. The third kappa shape index (κ3) is 4.89. The lowest BCUT2D eigenvalue weighted by atomic mass is 10.0. The highest BCUT2D eigenvalue weighted by molar-refractivity contribution is 6.10. The third-order valence-corrected chi connectivity index (χ3v) is 5.28. The Morgan fingerprint density at radius 3 is 2.74 bits per heavy atom. The van der Waals surface area contributed by atoms with Crippen molar-refractivity contribution in [1.82, 2.24) is 15.1 Å². The number of nitrogens with one attached hydrogen (secondary N) is 1. The normalized spacial score (nSPS) is 23.4. The molecule has 10 heteroatoms. The summed E-state index contributed by atoms with van der Waals surface area (Å²) in [7, 11) is 0. The summed E-state index contributed by atoms with van der Waals surface area (Å²) < 4.78 is 41.0. The molecule has 7 nitrogen and oxygen atoms in total. The number of nitrogens with zero attached hydrogens (tertiary/aromatic N) is 2. The van der Waals surface area contributed by atoms with E-state index in [0.29, 0.717) is 6.07 Å². The second kappa shape index (κ2) is 9.23. The fourth-order valence-electron chi connectivity index (χ4n) is 3.70. The highest BCUT2D eigenvalue weighted by Gasteiger charge is 2.40. The van der Waals surface area contributed by atoms with Crippen LogP contribution in [-0.4, -0.2) is 58.3 Å². The molecule has 2 saturated heterocycles. The summed E-state index contributed by atoms with van der Waals surface area (Å²) in [5.74, 6) is -3.34. The van der Waals surface area contributed by atoms with Crippen LogP contribution in [-0.2, 0) is 20.9 Å². The first-order valence-electron chi connectivity index (χ1n) is 9.72. The van der Waals surface area contributed by atoms with E-state index in [9.17, 15) is 32.7 Å². The van der Waals surface area contributed by atoms with Crippen molar-refractivity contribution in [1.29, 1.82) is 0 Å². The number of allylic oxidation sites excluding steroid dienone is 1. The van der Waals surface area contributed by atoms with Crippen LogP contribution in [0.5, 0.6) is 0 Å². The van der Waals surface area contributed by atoms with Gasteiger partial charge in [-0.1, -0.05) is 6.07 Å². The smallest absolute Gasteiger partial charge is 0.274 e. The van der Waals surface area contributed by atoms with Crippen LogP contribution in [0.1, 0.15) is 25.3 Å². The monoisotopic (exact) mass is 437 g/mol. The van der Waals surface area contributed by atoms with E-state index in [2.05, 4.69) is 5.32 Å². The lowest BCUT2D eigenvalue weighted by Gasteiger charge is -2.40. The molecule has 2 atom stereocenters. The molecular weight excluding hydrogens is 415 g/mol. The average Bonchev–Trinajstić information content (AvgIpc) is 2.88. The minimum atomic E-state index is -1.19. The summed E-state index contributed by atoms with van der Waals surface area (Å²) >= 11 is 0. The van der Waals surface area contributed by atoms with Gasteiger partial charge in [-0.05, 0) is 19.4 Å². The highest BCUT2D eigenvalue weighted by Crippen LogP contribution is 2.30. The fourth-order valence-corrected chi connectivity index (χ4v) is 3.70. The van der Waals surface area contributed by atoms with Gasteiger partial charge in [0.05, 0.1) is 11.6 Å². The molecule has 2 fully saturated rings. The Labute approximate surface area is 176 Å². The Hall–Kier alpha value is -3.30. The van der Waals surface area contributed by atoms with Crippen LogP contribution in [0.15, 0.2) is 41.4 Å². The molecule has 1 aromatic carbocycles. The summed E-state index contributed by atoms with van der Waals surface area (Å²) in [6.45, 7) is 1.37. The van der Waals surface area contributed by atoms with Crippen LogP contribution in [0, 0.1) is 11.6 Å². The largest absolute Gasteiger partial charge is 0.510 e. The molecule has 1 aromatic rings. The van der Waals surface area contributed by atoms with Gasteiger partial charge in [-0.2, -0.15) is 0 Å². The zero-order valence-corrected chi connectivity index (χ0v) is 16.8. The number of hydrogen-bond donors (Lipinski definition) is 2. The number of piperazine rings is 1. The second-order valence-electron chi connectivity index (χ2n) is 7.49. The summed E-state index contributed by atoms with van der Waals surface area (Å²) in [6, 6.07) is 2.29. The molecule has 2 amide bonds. The Bertz CT molecular complexity index is 959. The summed E-state index contributed by atoms with van der Waals surface area (Å²) in [5.41, 5.74) is -0.524. The zero-order valence-electron chi connectivity index (χ0n) is 16.8. The minimum Gasteiger partial charge on any atom is -0.510 e. The van der Waals surface area contributed by atoms with Gasteiger partial charge in [0.15, 0.2) is 6.29 Å². The van der Waals surface area contributed by atoms with E-state index in [1.54, 1.807) is 0 Å². The van der Waals surface area contributed by atoms with E-state index < -0.39 is 41.2 Å². The van der Waals surface area contributed by atoms with Crippen LogP contribution in [0.2, 0.25) is 0 Å². The minimum absolute atomic E-state index is 0.0135.